The number of aryl methyl sites for hydroxylation is 2. The van der Waals surface area contributed by atoms with Gasteiger partial charge in [0.05, 0.1) is 13.2 Å². The zero-order valence-corrected chi connectivity index (χ0v) is 19.1. The van der Waals surface area contributed by atoms with Gasteiger partial charge in [0.1, 0.15) is 0 Å². The first kappa shape index (κ1) is 24.3. The summed E-state index contributed by atoms with van der Waals surface area (Å²) < 4.78 is 9.98. The van der Waals surface area contributed by atoms with E-state index in [0.29, 0.717) is 17.9 Å². The summed E-state index contributed by atoms with van der Waals surface area (Å²) in [7, 11) is 0. The molecule has 5 nitrogen and oxygen atoms in total. The van der Waals surface area contributed by atoms with Crippen molar-refractivity contribution >= 4 is 35.3 Å². The second-order valence-corrected chi connectivity index (χ2v) is 8.49. The summed E-state index contributed by atoms with van der Waals surface area (Å²) in [4.78, 5) is 26.7. The van der Waals surface area contributed by atoms with Gasteiger partial charge in [0, 0.05) is 14.8 Å². The molecule has 0 spiro atoms. The van der Waals surface area contributed by atoms with Gasteiger partial charge in [-0.05, 0) is 69.9 Å². The molecule has 0 bridgehead atoms. The Balaban J connectivity index is 2.03. The number of hydrogen-bond acceptors (Lipinski definition) is 6. The number of nitrogens with two attached hydrogens (primary N) is 1. The molecule has 0 aliphatic carbocycles. The van der Waals surface area contributed by atoms with Gasteiger partial charge < -0.3 is 15.2 Å². The Hall–Kier alpha value is -2.02. The molecule has 162 valence electrons. The van der Waals surface area contributed by atoms with Gasteiger partial charge in [0.15, 0.2) is 0 Å². The zero-order chi connectivity index (χ0) is 22.1. The Kier molecular flexibility index (Phi) is 9.21. The Morgan fingerprint density at radius 3 is 2.23 bits per heavy atom. The molecule has 0 fully saturated rings. The van der Waals surface area contributed by atoms with Crippen LogP contribution in [0.15, 0.2) is 52.3 Å². The molecule has 0 aliphatic rings. The number of esters is 2. The molecule has 0 radical (unpaired) electrons. The van der Waals surface area contributed by atoms with Crippen LogP contribution in [0, 0.1) is 6.92 Å². The molecule has 0 aliphatic heterocycles. The molecule has 7 heteroatoms. The van der Waals surface area contributed by atoms with Crippen LogP contribution in [0.2, 0.25) is 5.02 Å². The predicted octanol–water partition coefficient (Wildman–Crippen LogP) is 4.95. The number of carbonyl (C=O) groups is 2. The zero-order valence-electron chi connectivity index (χ0n) is 17.6. The summed E-state index contributed by atoms with van der Waals surface area (Å²) in [5.74, 6) is -1.53. The average Bonchev–Trinajstić information content (AvgIpc) is 2.70. The van der Waals surface area contributed by atoms with Crippen molar-refractivity contribution in [2.45, 2.75) is 55.4 Å². The largest absolute Gasteiger partial charge is 0.464 e. The summed E-state index contributed by atoms with van der Waals surface area (Å²) in [6.45, 7) is 5.68. The van der Waals surface area contributed by atoms with E-state index in [1.807, 2.05) is 24.3 Å². The Morgan fingerprint density at radius 2 is 1.67 bits per heavy atom. The molecule has 2 aromatic carbocycles. The highest BCUT2D eigenvalue weighted by Crippen LogP contribution is 2.32. The minimum Gasteiger partial charge on any atom is -0.464 e. The third kappa shape index (κ3) is 6.49. The fourth-order valence-electron chi connectivity index (χ4n) is 2.97. The van der Waals surface area contributed by atoms with Crippen LogP contribution in [0.25, 0.3) is 0 Å². The number of rotatable bonds is 10. The minimum absolute atomic E-state index is 0.112. The molecule has 0 unspecified atom stereocenters. The smallest absolute Gasteiger partial charge is 0.337 e. The molecule has 30 heavy (non-hydrogen) atoms. The standard InChI is InChI=1S/C23H28ClNO4S/c1-4-28-21(26)23(25,22(27)29-5-2)13-7-9-17-11-12-19(15-20(17)24)30-18-10-6-8-16(3)14-18/h6,8,10-12,14-15H,4-5,7,9,13,25H2,1-3H3. The molecule has 0 saturated heterocycles. The lowest BCUT2D eigenvalue weighted by Crippen LogP contribution is -2.56. The lowest BCUT2D eigenvalue weighted by Gasteiger charge is -2.24. The van der Waals surface area contributed by atoms with Crippen LogP contribution in [0.3, 0.4) is 0 Å². The quantitative estimate of drug-likeness (QED) is 0.408. The average molecular weight is 450 g/mol. The van der Waals surface area contributed by atoms with E-state index >= 15 is 0 Å². The van der Waals surface area contributed by atoms with Gasteiger partial charge in [0.25, 0.3) is 0 Å². The molecule has 2 aromatic rings. The first-order valence-electron chi connectivity index (χ1n) is 9.96. The first-order valence-corrected chi connectivity index (χ1v) is 11.2. The molecule has 0 atom stereocenters. The lowest BCUT2D eigenvalue weighted by molar-refractivity contribution is -0.164. The number of carbonyl (C=O) groups excluding carboxylic acids is 2. The third-order valence-electron chi connectivity index (χ3n) is 4.55. The summed E-state index contributed by atoms with van der Waals surface area (Å²) >= 11 is 8.12. The van der Waals surface area contributed by atoms with Gasteiger partial charge >= 0.3 is 11.9 Å². The van der Waals surface area contributed by atoms with Crippen molar-refractivity contribution in [1.29, 1.82) is 0 Å². The van der Waals surface area contributed by atoms with Crippen molar-refractivity contribution in [2.24, 2.45) is 5.73 Å². The fourth-order valence-corrected chi connectivity index (χ4v) is 4.29. The van der Waals surface area contributed by atoms with Crippen LogP contribution in [0.5, 0.6) is 0 Å². The molecule has 2 N–H and O–H groups in total. The second kappa shape index (κ2) is 11.4. The highest BCUT2D eigenvalue weighted by atomic mass is 35.5. The number of hydrogen-bond donors (Lipinski definition) is 1. The third-order valence-corrected chi connectivity index (χ3v) is 5.88. The number of benzene rings is 2. The van der Waals surface area contributed by atoms with Crippen molar-refractivity contribution < 1.29 is 19.1 Å². The van der Waals surface area contributed by atoms with Gasteiger partial charge in [-0.15, -0.1) is 0 Å². The maximum atomic E-state index is 12.3. The minimum atomic E-state index is -1.81. The normalized spacial score (nSPS) is 11.2. The van der Waals surface area contributed by atoms with Gasteiger partial charge in [-0.2, -0.15) is 0 Å². The SMILES string of the molecule is CCOC(=O)C(N)(CCCc1ccc(Sc2cccc(C)c2)cc1Cl)C(=O)OCC. The van der Waals surface area contributed by atoms with E-state index in [9.17, 15) is 9.59 Å². The molecule has 0 aromatic heterocycles. The number of halogens is 1. The van der Waals surface area contributed by atoms with E-state index in [2.05, 4.69) is 25.1 Å². The molecular weight excluding hydrogens is 422 g/mol. The van der Waals surface area contributed by atoms with E-state index in [1.54, 1.807) is 25.6 Å². The van der Waals surface area contributed by atoms with Crippen molar-refractivity contribution in [1.82, 2.24) is 0 Å². The van der Waals surface area contributed by atoms with Crippen LogP contribution < -0.4 is 5.73 Å². The topological polar surface area (TPSA) is 78.6 Å². The van der Waals surface area contributed by atoms with Gasteiger partial charge in [0.2, 0.25) is 5.54 Å². The Labute approximate surface area is 187 Å². The number of ether oxygens (including phenoxy) is 2. The van der Waals surface area contributed by atoms with Crippen LogP contribution in [0.1, 0.15) is 37.8 Å². The van der Waals surface area contributed by atoms with E-state index in [0.717, 1.165) is 15.4 Å². The molecule has 0 amide bonds. The van der Waals surface area contributed by atoms with Crippen molar-refractivity contribution in [2.75, 3.05) is 13.2 Å². The van der Waals surface area contributed by atoms with Gasteiger partial charge in [-0.1, -0.05) is 47.1 Å². The lowest BCUT2D eigenvalue weighted by atomic mass is 9.92. The summed E-state index contributed by atoms with van der Waals surface area (Å²) in [5.41, 5.74) is 6.43. The van der Waals surface area contributed by atoms with Crippen LogP contribution in [0.4, 0.5) is 0 Å². The highest BCUT2D eigenvalue weighted by molar-refractivity contribution is 7.99. The van der Waals surface area contributed by atoms with Crippen molar-refractivity contribution in [3.63, 3.8) is 0 Å². The maximum absolute atomic E-state index is 12.3. The summed E-state index contributed by atoms with van der Waals surface area (Å²) in [6.07, 6.45) is 1.17. The van der Waals surface area contributed by atoms with Crippen LogP contribution >= 0.6 is 23.4 Å². The first-order chi connectivity index (χ1) is 14.3. The maximum Gasteiger partial charge on any atom is 0.337 e. The predicted molar refractivity (Wildman–Crippen MR) is 120 cm³/mol. The van der Waals surface area contributed by atoms with Gasteiger partial charge in [-0.3, -0.25) is 0 Å². The Morgan fingerprint density at radius 1 is 1.03 bits per heavy atom. The van der Waals surface area contributed by atoms with Gasteiger partial charge in [-0.25, -0.2) is 9.59 Å². The fraction of sp³-hybridized carbons (Fsp3) is 0.391. The molecular formula is C23H28ClNO4S. The van der Waals surface area contributed by atoms with E-state index < -0.39 is 17.5 Å². The van der Waals surface area contributed by atoms with Crippen molar-refractivity contribution in [3.05, 3.63) is 58.6 Å². The second-order valence-electron chi connectivity index (χ2n) is 6.94. The monoisotopic (exact) mass is 449 g/mol. The molecule has 0 saturated carbocycles. The Bertz CT molecular complexity index is 869. The summed E-state index contributed by atoms with van der Waals surface area (Å²) in [6, 6.07) is 14.2. The van der Waals surface area contributed by atoms with Crippen LogP contribution in [-0.2, 0) is 25.5 Å². The summed E-state index contributed by atoms with van der Waals surface area (Å²) in [5, 5.41) is 0.641. The van der Waals surface area contributed by atoms with E-state index in [1.165, 1.54) is 5.56 Å². The van der Waals surface area contributed by atoms with E-state index in [4.69, 9.17) is 26.8 Å². The van der Waals surface area contributed by atoms with Crippen molar-refractivity contribution in [3.8, 4) is 0 Å². The highest BCUT2D eigenvalue weighted by Gasteiger charge is 2.44. The molecule has 0 heterocycles. The van der Waals surface area contributed by atoms with Crippen LogP contribution in [-0.4, -0.2) is 30.7 Å². The molecule has 2 rings (SSSR count). The van der Waals surface area contributed by atoms with E-state index in [-0.39, 0.29) is 19.6 Å².